The number of anilines is 1. The zero-order chi connectivity index (χ0) is 27.7. The molecule has 8 nitrogen and oxygen atoms in total. The lowest BCUT2D eigenvalue weighted by molar-refractivity contribution is -0.140. The van der Waals surface area contributed by atoms with E-state index in [1.54, 1.807) is 36.4 Å². The quantitative estimate of drug-likeness (QED) is 0.375. The lowest BCUT2D eigenvalue weighted by Crippen LogP contribution is -2.52. The van der Waals surface area contributed by atoms with Crippen LogP contribution in [0.1, 0.15) is 31.4 Å². The molecule has 38 heavy (non-hydrogen) atoms. The van der Waals surface area contributed by atoms with Crippen molar-refractivity contribution in [3.05, 3.63) is 90.0 Å². The van der Waals surface area contributed by atoms with Crippen molar-refractivity contribution in [2.45, 2.75) is 44.7 Å². The third-order valence-corrected chi connectivity index (χ3v) is 7.97. The average molecular weight is 538 g/mol. The third kappa shape index (κ3) is 6.92. The lowest BCUT2D eigenvalue weighted by Gasteiger charge is -2.33. The first kappa shape index (κ1) is 28.7. The molecule has 0 heterocycles. The second-order valence-corrected chi connectivity index (χ2v) is 10.7. The van der Waals surface area contributed by atoms with Crippen LogP contribution in [0.15, 0.2) is 83.8 Å². The number of sulfonamides is 1. The van der Waals surface area contributed by atoms with Gasteiger partial charge < -0.3 is 15.0 Å². The number of carbonyl (C=O) groups excluding carboxylic acids is 2. The molecule has 9 heteroatoms. The Morgan fingerprint density at radius 3 is 2.11 bits per heavy atom. The molecule has 0 radical (unpaired) electrons. The van der Waals surface area contributed by atoms with Crippen molar-refractivity contribution in [3.63, 3.8) is 0 Å². The number of rotatable bonds is 12. The molecule has 1 N–H and O–H groups in total. The number of benzene rings is 3. The van der Waals surface area contributed by atoms with Crippen molar-refractivity contribution in [3.8, 4) is 5.75 Å². The average Bonchev–Trinajstić information content (AvgIpc) is 2.92. The van der Waals surface area contributed by atoms with E-state index >= 15 is 0 Å². The van der Waals surface area contributed by atoms with Gasteiger partial charge in [-0.05, 0) is 62.2 Å². The fourth-order valence-electron chi connectivity index (χ4n) is 4.11. The second kappa shape index (κ2) is 13.1. The molecule has 3 aromatic carbocycles. The van der Waals surface area contributed by atoms with Gasteiger partial charge in [-0.15, -0.1) is 0 Å². The molecule has 0 saturated carbocycles. The van der Waals surface area contributed by atoms with E-state index < -0.39 is 28.5 Å². The molecule has 0 saturated heterocycles. The molecule has 202 valence electrons. The van der Waals surface area contributed by atoms with Gasteiger partial charge in [0.15, 0.2) is 0 Å². The third-order valence-electron chi connectivity index (χ3n) is 6.18. The van der Waals surface area contributed by atoms with Crippen LogP contribution in [0, 0.1) is 6.92 Å². The number of ether oxygens (including phenoxy) is 1. The van der Waals surface area contributed by atoms with Crippen LogP contribution < -0.4 is 14.4 Å². The van der Waals surface area contributed by atoms with E-state index in [2.05, 4.69) is 5.32 Å². The number of nitrogens with one attached hydrogen (secondary N) is 1. The minimum absolute atomic E-state index is 0.0668. The van der Waals surface area contributed by atoms with Crippen molar-refractivity contribution < 1.29 is 22.7 Å². The van der Waals surface area contributed by atoms with Crippen LogP contribution in [0.25, 0.3) is 0 Å². The molecule has 0 bridgehead atoms. The predicted octanol–water partition coefficient (Wildman–Crippen LogP) is 4.14. The van der Waals surface area contributed by atoms with E-state index in [0.29, 0.717) is 24.4 Å². The number of aryl methyl sites for hydroxylation is 1. The first-order chi connectivity index (χ1) is 18.2. The molecule has 0 aliphatic heterocycles. The number of amides is 2. The van der Waals surface area contributed by atoms with Gasteiger partial charge in [-0.25, -0.2) is 8.42 Å². The molecule has 0 fully saturated rings. The molecule has 0 spiro atoms. The summed E-state index contributed by atoms with van der Waals surface area (Å²) in [7, 11) is -2.59. The number of hydrogen-bond acceptors (Lipinski definition) is 5. The van der Waals surface area contributed by atoms with Crippen molar-refractivity contribution in [2.75, 3.05) is 24.5 Å². The maximum atomic E-state index is 13.9. The number of hydrogen-bond donors (Lipinski definition) is 1. The van der Waals surface area contributed by atoms with Crippen molar-refractivity contribution in [1.29, 1.82) is 0 Å². The van der Waals surface area contributed by atoms with Crippen molar-refractivity contribution in [2.24, 2.45) is 0 Å². The van der Waals surface area contributed by atoms with E-state index in [4.69, 9.17) is 4.74 Å². The smallest absolute Gasteiger partial charge is 0.264 e. The van der Waals surface area contributed by atoms with E-state index in [-0.39, 0.29) is 17.3 Å². The van der Waals surface area contributed by atoms with E-state index in [0.717, 1.165) is 15.4 Å². The summed E-state index contributed by atoms with van der Waals surface area (Å²) in [6, 6.07) is 21.5. The van der Waals surface area contributed by atoms with Crippen molar-refractivity contribution in [1.82, 2.24) is 10.2 Å². The molecular weight excluding hydrogens is 502 g/mol. The molecular formula is C29H35N3O5S. The van der Waals surface area contributed by atoms with Gasteiger partial charge in [0.05, 0.1) is 17.7 Å². The fourth-order valence-corrected chi connectivity index (χ4v) is 5.52. The van der Waals surface area contributed by atoms with Crippen LogP contribution >= 0.6 is 0 Å². The molecule has 1 unspecified atom stereocenters. The van der Waals surface area contributed by atoms with Crippen LogP contribution in [0.5, 0.6) is 5.75 Å². The Balaban J connectivity index is 2.05. The highest BCUT2D eigenvalue weighted by Crippen LogP contribution is 2.27. The number of nitrogens with zero attached hydrogens (tertiary/aromatic N) is 2. The first-order valence-electron chi connectivity index (χ1n) is 12.6. The Bertz CT molecular complexity index is 1310. The molecule has 3 aromatic rings. The Kier molecular flexibility index (Phi) is 9.90. The zero-order valence-corrected chi connectivity index (χ0v) is 23.1. The summed E-state index contributed by atoms with van der Waals surface area (Å²) in [6.45, 7) is 5.61. The normalized spacial score (nSPS) is 11.9. The molecule has 3 rings (SSSR count). The van der Waals surface area contributed by atoms with E-state index in [9.17, 15) is 18.0 Å². The van der Waals surface area contributed by atoms with Gasteiger partial charge in [-0.2, -0.15) is 0 Å². The van der Waals surface area contributed by atoms with Crippen LogP contribution in [0.4, 0.5) is 5.69 Å². The standard InChI is InChI=1S/C29H35N3O5S/c1-5-27(29(34)30-6-2)31(20-23-10-8-7-9-11-23)28(33)21-32(24-14-16-25(37-4)17-15-24)38(35,36)26-18-12-22(3)13-19-26/h7-19,27H,5-6,20-21H2,1-4H3,(H,30,34). The monoisotopic (exact) mass is 537 g/mol. The van der Waals surface area contributed by atoms with Crippen LogP contribution in [0.2, 0.25) is 0 Å². The fraction of sp³-hybridized carbons (Fsp3) is 0.310. The highest BCUT2D eigenvalue weighted by atomic mass is 32.2. The van der Waals surface area contributed by atoms with Gasteiger partial charge in [0.1, 0.15) is 18.3 Å². The highest BCUT2D eigenvalue weighted by Gasteiger charge is 2.33. The lowest BCUT2D eigenvalue weighted by atomic mass is 10.1. The number of carbonyl (C=O) groups is 2. The summed E-state index contributed by atoms with van der Waals surface area (Å²) in [6.07, 6.45) is 0.373. The summed E-state index contributed by atoms with van der Waals surface area (Å²) in [5.74, 6) is -0.212. The van der Waals surface area contributed by atoms with Crippen molar-refractivity contribution >= 4 is 27.5 Å². The largest absolute Gasteiger partial charge is 0.497 e. The van der Waals surface area contributed by atoms with Gasteiger partial charge in [0, 0.05) is 13.1 Å². The van der Waals surface area contributed by atoms with Crippen LogP contribution in [-0.2, 0) is 26.2 Å². The summed E-state index contributed by atoms with van der Waals surface area (Å²) in [4.78, 5) is 28.4. The predicted molar refractivity (Wildman–Crippen MR) is 148 cm³/mol. The van der Waals surface area contributed by atoms with Gasteiger partial charge >= 0.3 is 0 Å². The maximum absolute atomic E-state index is 13.9. The summed E-state index contributed by atoms with van der Waals surface area (Å²) in [5, 5.41) is 2.80. The number of likely N-dealkylation sites (N-methyl/N-ethyl adjacent to an activating group) is 1. The maximum Gasteiger partial charge on any atom is 0.264 e. The van der Waals surface area contributed by atoms with Gasteiger partial charge in [0.2, 0.25) is 11.8 Å². The van der Waals surface area contributed by atoms with E-state index in [1.807, 2.05) is 51.1 Å². The van der Waals surface area contributed by atoms with Gasteiger partial charge in [0.25, 0.3) is 10.0 Å². The molecule has 0 aliphatic carbocycles. The highest BCUT2D eigenvalue weighted by molar-refractivity contribution is 7.92. The Morgan fingerprint density at radius 2 is 1.55 bits per heavy atom. The van der Waals surface area contributed by atoms with Gasteiger partial charge in [-0.1, -0.05) is 55.0 Å². The minimum Gasteiger partial charge on any atom is -0.497 e. The Hall–Kier alpha value is -3.85. The topological polar surface area (TPSA) is 96.0 Å². The SMILES string of the molecule is CCNC(=O)C(CC)N(Cc1ccccc1)C(=O)CN(c1ccc(OC)cc1)S(=O)(=O)c1ccc(C)cc1. The van der Waals surface area contributed by atoms with Crippen LogP contribution in [0.3, 0.4) is 0 Å². The summed E-state index contributed by atoms with van der Waals surface area (Å²) in [5.41, 5.74) is 2.06. The Labute approximate surface area is 225 Å². The van der Waals surface area contributed by atoms with Gasteiger partial charge in [-0.3, -0.25) is 13.9 Å². The number of methoxy groups -OCH3 is 1. The second-order valence-electron chi connectivity index (χ2n) is 8.85. The Morgan fingerprint density at radius 1 is 0.921 bits per heavy atom. The molecule has 0 aliphatic rings. The molecule has 1 atom stereocenters. The zero-order valence-electron chi connectivity index (χ0n) is 22.3. The summed E-state index contributed by atoms with van der Waals surface area (Å²) < 4.78 is 34.0. The van der Waals surface area contributed by atoms with E-state index in [1.165, 1.54) is 24.1 Å². The minimum atomic E-state index is -4.11. The summed E-state index contributed by atoms with van der Waals surface area (Å²) >= 11 is 0. The van der Waals surface area contributed by atoms with Crippen LogP contribution in [-0.4, -0.2) is 51.4 Å². The molecule has 0 aromatic heterocycles. The first-order valence-corrected chi connectivity index (χ1v) is 14.0. The molecule has 2 amide bonds.